The summed E-state index contributed by atoms with van der Waals surface area (Å²) in [5.74, 6) is 2.58. The lowest BCUT2D eigenvalue weighted by atomic mass is 9.78. The van der Waals surface area contributed by atoms with E-state index in [0.29, 0.717) is 42.9 Å². The van der Waals surface area contributed by atoms with Crippen molar-refractivity contribution in [2.24, 2.45) is 11.8 Å². The van der Waals surface area contributed by atoms with Gasteiger partial charge in [-0.1, -0.05) is 24.2 Å². The van der Waals surface area contributed by atoms with Crippen LogP contribution in [0.2, 0.25) is 0 Å². The predicted molar refractivity (Wildman–Crippen MR) is 117 cm³/mol. The monoisotopic (exact) mass is 485 g/mol. The third-order valence-corrected chi connectivity index (χ3v) is 7.59. The first-order valence-corrected chi connectivity index (χ1v) is 12.4. The predicted octanol–water partition coefficient (Wildman–Crippen LogP) is 5.14. The summed E-state index contributed by atoms with van der Waals surface area (Å²) < 4.78 is 47.3. The molecule has 33 heavy (non-hydrogen) atoms. The molecule has 1 saturated carbocycles. The minimum absolute atomic E-state index is 0.116. The van der Waals surface area contributed by atoms with Gasteiger partial charge >= 0.3 is 6.18 Å². The van der Waals surface area contributed by atoms with Gasteiger partial charge in [0, 0.05) is 31.3 Å². The van der Waals surface area contributed by atoms with Crippen molar-refractivity contribution in [3.05, 3.63) is 28.4 Å². The smallest absolute Gasteiger partial charge is 0.422 e. The second-order valence-electron chi connectivity index (χ2n) is 9.22. The first-order valence-electron chi connectivity index (χ1n) is 11.6. The van der Waals surface area contributed by atoms with E-state index in [4.69, 9.17) is 9.15 Å². The molecular formula is C23H30F3N3O3S. The Hall–Kier alpha value is -1.94. The molecule has 182 valence electrons. The number of rotatable bonds is 9. The van der Waals surface area contributed by atoms with Gasteiger partial charge in [0.2, 0.25) is 0 Å². The molecule has 1 aliphatic heterocycles. The highest BCUT2D eigenvalue weighted by Crippen LogP contribution is 2.34. The zero-order valence-electron chi connectivity index (χ0n) is 18.8. The normalized spacial score (nSPS) is 21.7. The summed E-state index contributed by atoms with van der Waals surface area (Å²) in [5.41, 5.74) is 0.854. The average Bonchev–Trinajstić information content (AvgIpc) is 3.36. The largest absolute Gasteiger partial charge is 0.460 e. The number of hydrogen-bond acceptors (Lipinski definition) is 7. The maximum atomic E-state index is 12.4. The number of nitrogens with zero attached hydrogens (tertiary/aromatic N) is 3. The molecule has 2 aliphatic rings. The number of carbonyl (C=O) groups is 1. The van der Waals surface area contributed by atoms with Gasteiger partial charge in [-0.25, -0.2) is 9.97 Å². The van der Waals surface area contributed by atoms with Gasteiger partial charge in [-0.15, -0.1) is 0 Å². The second kappa shape index (κ2) is 10.5. The Kier molecular flexibility index (Phi) is 7.73. The third kappa shape index (κ3) is 7.27. The van der Waals surface area contributed by atoms with Crippen LogP contribution in [-0.4, -0.2) is 46.5 Å². The van der Waals surface area contributed by atoms with Gasteiger partial charge in [-0.3, -0.25) is 9.69 Å². The van der Waals surface area contributed by atoms with E-state index in [-0.39, 0.29) is 11.0 Å². The van der Waals surface area contributed by atoms with E-state index in [1.165, 1.54) is 11.3 Å². The van der Waals surface area contributed by atoms with Crippen molar-refractivity contribution in [2.45, 2.75) is 71.0 Å². The Labute approximate surface area is 195 Å². The van der Waals surface area contributed by atoms with Crippen molar-refractivity contribution >= 4 is 17.1 Å². The summed E-state index contributed by atoms with van der Waals surface area (Å²) in [6, 6.07) is 0. The number of hydrogen-bond donors (Lipinski definition) is 0. The summed E-state index contributed by atoms with van der Waals surface area (Å²) >= 11 is 1.23. The molecule has 0 N–H and O–H groups in total. The maximum Gasteiger partial charge on any atom is 0.422 e. The van der Waals surface area contributed by atoms with Crippen LogP contribution >= 0.6 is 11.3 Å². The van der Waals surface area contributed by atoms with Crippen molar-refractivity contribution in [3.63, 3.8) is 0 Å². The van der Waals surface area contributed by atoms with E-state index in [0.717, 1.165) is 62.2 Å². The van der Waals surface area contributed by atoms with E-state index in [2.05, 4.69) is 14.9 Å². The number of Topliss-reactive ketones (excluding diaryl/α,β-unsaturated/α-hetero) is 1. The van der Waals surface area contributed by atoms with Crippen molar-refractivity contribution in [1.29, 1.82) is 0 Å². The van der Waals surface area contributed by atoms with Crippen molar-refractivity contribution in [3.8, 4) is 5.19 Å². The molecular weight excluding hydrogens is 455 g/mol. The Balaban J connectivity index is 1.15. The maximum absolute atomic E-state index is 12.4. The Morgan fingerprint density at radius 3 is 2.73 bits per heavy atom. The van der Waals surface area contributed by atoms with Crippen LogP contribution in [-0.2, 0) is 24.2 Å². The number of aromatic nitrogens is 2. The Morgan fingerprint density at radius 1 is 1.27 bits per heavy atom. The molecule has 4 rings (SSSR count). The van der Waals surface area contributed by atoms with E-state index in [9.17, 15) is 18.0 Å². The van der Waals surface area contributed by atoms with Crippen LogP contribution in [0.15, 0.2) is 10.6 Å². The number of ether oxygens (including phenoxy) is 1. The van der Waals surface area contributed by atoms with Crippen molar-refractivity contribution in [2.75, 3.05) is 19.7 Å². The first-order chi connectivity index (χ1) is 15.7. The van der Waals surface area contributed by atoms with Gasteiger partial charge in [-0.2, -0.15) is 13.2 Å². The molecule has 0 unspecified atom stereocenters. The van der Waals surface area contributed by atoms with Crippen molar-refractivity contribution < 1.29 is 27.1 Å². The van der Waals surface area contributed by atoms with Crippen LogP contribution < -0.4 is 4.74 Å². The van der Waals surface area contributed by atoms with Gasteiger partial charge in [0.15, 0.2) is 12.5 Å². The Morgan fingerprint density at radius 2 is 2.03 bits per heavy atom. The quantitative estimate of drug-likeness (QED) is 0.490. The molecule has 0 atom stereocenters. The number of oxazole rings is 1. The number of ketones is 1. The standard InChI is InChI=1S/C23H30F3N3O3S/c1-15-27-12-19(32-15)11-18(30)10-17-4-2-16(3-5-17)6-8-29-9-7-21-20(13-29)28-22(33-21)31-14-23(24,25)26/h12,16-17H,2-11,13-14H2,1H3. The number of aryl methyl sites for hydroxylation is 1. The lowest BCUT2D eigenvalue weighted by Crippen LogP contribution is -2.32. The fourth-order valence-electron chi connectivity index (χ4n) is 4.79. The second-order valence-corrected chi connectivity index (χ2v) is 10.3. The zero-order valence-corrected chi connectivity index (χ0v) is 19.6. The van der Waals surface area contributed by atoms with Crippen LogP contribution in [0.25, 0.3) is 0 Å². The summed E-state index contributed by atoms with van der Waals surface area (Å²) in [7, 11) is 0. The number of thiazole rings is 1. The summed E-state index contributed by atoms with van der Waals surface area (Å²) in [6.07, 6.45) is 4.60. The van der Waals surface area contributed by atoms with Crippen LogP contribution in [0.3, 0.4) is 0 Å². The van der Waals surface area contributed by atoms with E-state index in [1.807, 2.05) is 0 Å². The summed E-state index contributed by atoms with van der Waals surface area (Å²) in [4.78, 5) is 24.0. The van der Waals surface area contributed by atoms with Crippen LogP contribution in [0, 0.1) is 18.8 Å². The van der Waals surface area contributed by atoms with E-state index < -0.39 is 12.8 Å². The highest BCUT2D eigenvalue weighted by atomic mass is 32.1. The molecule has 0 radical (unpaired) electrons. The van der Waals surface area contributed by atoms with Gasteiger partial charge in [0.05, 0.1) is 18.3 Å². The molecule has 1 aliphatic carbocycles. The van der Waals surface area contributed by atoms with Gasteiger partial charge in [-0.05, 0) is 44.1 Å². The molecule has 3 heterocycles. The highest BCUT2D eigenvalue weighted by Gasteiger charge is 2.30. The van der Waals surface area contributed by atoms with Gasteiger partial charge < -0.3 is 9.15 Å². The lowest BCUT2D eigenvalue weighted by Gasteiger charge is -2.31. The molecule has 2 aromatic heterocycles. The minimum atomic E-state index is -4.35. The van der Waals surface area contributed by atoms with Gasteiger partial charge in [0.25, 0.3) is 5.19 Å². The van der Waals surface area contributed by atoms with Crippen LogP contribution in [0.5, 0.6) is 5.19 Å². The third-order valence-electron chi connectivity index (χ3n) is 6.52. The lowest BCUT2D eigenvalue weighted by molar-refractivity contribution is -0.153. The fourth-order valence-corrected chi connectivity index (χ4v) is 5.70. The molecule has 0 amide bonds. The highest BCUT2D eigenvalue weighted by molar-refractivity contribution is 7.13. The summed E-state index contributed by atoms with van der Waals surface area (Å²) in [6.45, 7) is 3.02. The Bertz CT molecular complexity index is 935. The van der Waals surface area contributed by atoms with E-state index in [1.54, 1.807) is 13.1 Å². The average molecular weight is 486 g/mol. The molecule has 0 bridgehead atoms. The molecule has 10 heteroatoms. The molecule has 0 saturated heterocycles. The fraction of sp³-hybridized carbons (Fsp3) is 0.696. The topological polar surface area (TPSA) is 68.5 Å². The first kappa shape index (κ1) is 24.2. The molecule has 0 aromatic carbocycles. The zero-order chi connectivity index (χ0) is 23.4. The van der Waals surface area contributed by atoms with E-state index >= 15 is 0 Å². The van der Waals surface area contributed by atoms with Crippen LogP contribution in [0.1, 0.15) is 60.7 Å². The number of fused-ring (bicyclic) bond motifs is 1. The SMILES string of the molecule is Cc1ncc(CC(=O)CC2CCC(CCN3CCc4sc(OCC(F)(F)F)nc4C3)CC2)o1. The molecule has 2 aromatic rings. The molecule has 6 nitrogen and oxygen atoms in total. The summed E-state index contributed by atoms with van der Waals surface area (Å²) in [5, 5.41) is 0.116. The number of carbonyl (C=O) groups excluding carboxylic acids is 1. The molecule has 0 spiro atoms. The number of alkyl halides is 3. The van der Waals surface area contributed by atoms with Gasteiger partial charge in [0.1, 0.15) is 11.5 Å². The van der Waals surface area contributed by atoms with Crippen molar-refractivity contribution in [1.82, 2.24) is 14.9 Å². The number of halogens is 3. The minimum Gasteiger partial charge on any atom is -0.460 e. The molecule has 1 fully saturated rings. The van der Waals surface area contributed by atoms with Crippen LogP contribution in [0.4, 0.5) is 13.2 Å².